The number of hydrogen-bond donors (Lipinski definition) is 0. The van der Waals surface area contributed by atoms with E-state index in [0.29, 0.717) is 0 Å². The molecule has 104 valence electrons. The molecule has 0 heterocycles. The molecule has 0 spiro atoms. The van der Waals surface area contributed by atoms with Crippen molar-refractivity contribution in [2.75, 3.05) is 0 Å². The minimum atomic E-state index is 0.753. The minimum Gasteiger partial charge on any atom is -0.298 e. The topological polar surface area (TPSA) is 34.1 Å². The van der Waals surface area contributed by atoms with Gasteiger partial charge in [0.1, 0.15) is 12.6 Å². The number of benzene rings is 2. The predicted octanol–water partition coefficient (Wildman–Crippen LogP) is 4.23. The van der Waals surface area contributed by atoms with Crippen molar-refractivity contribution in [3.8, 4) is 0 Å². The molecule has 0 N–H and O–H groups in total. The van der Waals surface area contributed by atoms with Gasteiger partial charge in [-0.15, -0.1) is 0 Å². The van der Waals surface area contributed by atoms with E-state index in [4.69, 9.17) is 0 Å². The summed E-state index contributed by atoms with van der Waals surface area (Å²) in [5, 5.41) is 0. The van der Waals surface area contributed by atoms with E-state index >= 15 is 0 Å². The maximum absolute atomic E-state index is 10.3. The second kappa shape index (κ2) is 7.39. The Morgan fingerprint density at radius 1 is 0.700 bits per heavy atom. The molecule has 0 aliphatic rings. The van der Waals surface area contributed by atoms with E-state index < -0.39 is 0 Å². The van der Waals surface area contributed by atoms with Crippen LogP contribution in [-0.2, 0) is 0 Å². The average Bonchev–Trinajstić information content (AvgIpc) is 2.43. The Labute approximate surface area is 120 Å². The highest BCUT2D eigenvalue weighted by molar-refractivity contribution is 5.77. The van der Waals surface area contributed by atoms with Crippen LogP contribution in [0.1, 0.15) is 43.0 Å². The summed E-state index contributed by atoms with van der Waals surface area (Å²) < 4.78 is 0. The predicted molar refractivity (Wildman–Crippen MR) is 82.6 cm³/mol. The first-order valence-corrected chi connectivity index (χ1v) is 6.52. The highest BCUT2D eigenvalue weighted by Gasteiger charge is 1.94. The Kier molecular flexibility index (Phi) is 5.85. The molecule has 0 aliphatic carbocycles. The van der Waals surface area contributed by atoms with Crippen LogP contribution >= 0.6 is 0 Å². The van der Waals surface area contributed by atoms with Crippen molar-refractivity contribution in [1.82, 2.24) is 0 Å². The molecule has 0 bridgehead atoms. The largest absolute Gasteiger partial charge is 0.298 e. The minimum absolute atomic E-state index is 0.753. The Hall–Kier alpha value is -2.22. The Morgan fingerprint density at radius 3 is 1.90 bits per heavy atom. The quantitative estimate of drug-likeness (QED) is 0.764. The summed E-state index contributed by atoms with van der Waals surface area (Å²) in [4.78, 5) is 20.6. The molecule has 0 saturated carbocycles. The first-order chi connectivity index (χ1) is 9.47. The summed E-state index contributed by atoms with van der Waals surface area (Å²) in [5.41, 5.74) is 6.18. The van der Waals surface area contributed by atoms with Gasteiger partial charge in [-0.25, -0.2) is 0 Å². The zero-order valence-corrected chi connectivity index (χ0v) is 12.4. The highest BCUT2D eigenvalue weighted by Crippen LogP contribution is 2.08. The third-order valence-electron chi connectivity index (χ3n) is 3.22. The lowest BCUT2D eigenvalue weighted by atomic mass is 10.1. The normalized spacial score (nSPS) is 9.40. The number of carbonyl (C=O) groups is 2. The van der Waals surface area contributed by atoms with Crippen LogP contribution in [0.5, 0.6) is 0 Å². The summed E-state index contributed by atoms with van der Waals surface area (Å²) in [7, 11) is 0. The molecule has 0 aliphatic heterocycles. The van der Waals surface area contributed by atoms with Crippen molar-refractivity contribution in [2.24, 2.45) is 0 Å². The van der Waals surface area contributed by atoms with Gasteiger partial charge in [-0.2, -0.15) is 0 Å². The van der Waals surface area contributed by atoms with Crippen molar-refractivity contribution in [1.29, 1.82) is 0 Å². The van der Waals surface area contributed by atoms with Crippen molar-refractivity contribution >= 4 is 12.6 Å². The maximum Gasteiger partial charge on any atom is 0.150 e. The van der Waals surface area contributed by atoms with Crippen LogP contribution in [0.2, 0.25) is 0 Å². The third-order valence-corrected chi connectivity index (χ3v) is 3.22. The lowest BCUT2D eigenvalue weighted by Gasteiger charge is -1.97. The van der Waals surface area contributed by atoms with Crippen molar-refractivity contribution in [3.63, 3.8) is 0 Å². The molecule has 20 heavy (non-hydrogen) atoms. The molecule has 0 saturated heterocycles. The van der Waals surface area contributed by atoms with E-state index in [9.17, 15) is 9.59 Å². The smallest absolute Gasteiger partial charge is 0.150 e. The number of carbonyl (C=O) groups excluding carboxylic acids is 2. The second-order valence-corrected chi connectivity index (χ2v) is 4.94. The van der Waals surface area contributed by atoms with Crippen LogP contribution in [0.4, 0.5) is 0 Å². The molecule has 2 heteroatoms. The van der Waals surface area contributed by atoms with Crippen LogP contribution in [0.15, 0.2) is 36.4 Å². The molecule has 2 aromatic carbocycles. The molecule has 0 aromatic heterocycles. The summed E-state index contributed by atoms with van der Waals surface area (Å²) in [5.74, 6) is 0. The van der Waals surface area contributed by atoms with Gasteiger partial charge in [0.15, 0.2) is 0 Å². The standard InChI is InChI=1S/2C9H10O/c1-7-3-4-9(6-10)5-8(7)2;1-7-3-4-9(6-10)8(2)5-7/h2*3-6H,1-2H3. The van der Waals surface area contributed by atoms with Gasteiger partial charge in [-0.05, 0) is 50.5 Å². The first-order valence-electron chi connectivity index (χ1n) is 6.52. The van der Waals surface area contributed by atoms with E-state index in [0.717, 1.165) is 29.3 Å². The fourth-order valence-electron chi connectivity index (χ4n) is 1.80. The maximum atomic E-state index is 10.3. The van der Waals surface area contributed by atoms with Crippen molar-refractivity contribution < 1.29 is 9.59 Å². The monoisotopic (exact) mass is 268 g/mol. The van der Waals surface area contributed by atoms with E-state index in [1.54, 1.807) is 0 Å². The van der Waals surface area contributed by atoms with Gasteiger partial charge in [-0.1, -0.05) is 35.9 Å². The number of rotatable bonds is 2. The summed E-state index contributed by atoms with van der Waals surface area (Å²) >= 11 is 0. The van der Waals surface area contributed by atoms with Crippen LogP contribution < -0.4 is 0 Å². The lowest BCUT2D eigenvalue weighted by molar-refractivity contribution is 0.111. The molecule has 0 amide bonds. The van der Waals surface area contributed by atoms with Gasteiger partial charge in [0.05, 0.1) is 0 Å². The fraction of sp³-hybridized carbons (Fsp3) is 0.222. The molecule has 0 radical (unpaired) electrons. The van der Waals surface area contributed by atoms with Crippen molar-refractivity contribution in [2.45, 2.75) is 27.7 Å². The molecule has 2 nitrogen and oxygen atoms in total. The molecule has 0 atom stereocenters. The zero-order valence-electron chi connectivity index (χ0n) is 12.4. The van der Waals surface area contributed by atoms with E-state index in [1.165, 1.54) is 16.7 Å². The van der Waals surface area contributed by atoms with Gasteiger partial charge in [0.2, 0.25) is 0 Å². The summed E-state index contributed by atoms with van der Waals surface area (Å²) in [6, 6.07) is 11.5. The van der Waals surface area contributed by atoms with Gasteiger partial charge < -0.3 is 0 Å². The highest BCUT2D eigenvalue weighted by atomic mass is 16.1. The molecular weight excluding hydrogens is 248 g/mol. The summed E-state index contributed by atoms with van der Waals surface area (Å²) in [6.45, 7) is 7.99. The molecule has 2 aromatic rings. The third kappa shape index (κ3) is 4.47. The van der Waals surface area contributed by atoms with Gasteiger partial charge in [0.25, 0.3) is 0 Å². The van der Waals surface area contributed by atoms with E-state index in [1.807, 2.05) is 64.1 Å². The van der Waals surface area contributed by atoms with Crippen LogP contribution in [-0.4, -0.2) is 12.6 Å². The van der Waals surface area contributed by atoms with Gasteiger partial charge in [-0.3, -0.25) is 9.59 Å². The van der Waals surface area contributed by atoms with Crippen molar-refractivity contribution in [3.05, 3.63) is 69.8 Å². The Morgan fingerprint density at radius 2 is 1.40 bits per heavy atom. The number of aldehydes is 2. The average molecular weight is 268 g/mol. The molecule has 2 rings (SSSR count). The molecular formula is C18H20O2. The van der Waals surface area contributed by atoms with Gasteiger partial charge >= 0.3 is 0 Å². The SMILES string of the molecule is Cc1ccc(C=O)c(C)c1.Cc1ccc(C=O)cc1C. The molecule has 0 unspecified atom stereocenters. The second-order valence-electron chi connectivity index (χ2n) is 4.94. The molecule has 0 fully saturated rings. The summed E-state index contributed by atoms with van der Waals surface area (Å²) in [6.07, 6.45) is 1.75. The first kappa shape index (κ1) is 15.8. The lowest BCUT2D eigenvalue weighted by Crippen LogP contribution is -1.85. The number of aryl methyl sites for hydroxylation is 4. The van der Waals surface area contributed by atoms with E-state index in [2.05, 4.69) is 0 Å². The fourth-order valence-corrected chi connectivity index (χ4v) is 1.80. The van der Waals surface area contributed by atoms with Crippen LogP contribution in [0.25, 0.3) is 0 Å². The Bertz CT molecular complexity index is 613. The zero-order chi connectivity index (χ0) is 15.1. The van der Waals surface area contributed by atoms with E-state index in [-0.39, 0.29) is 0 Å². The van der Waals surface area contributed by atoms with Gasteiger partial charge in [0, 0.05) is 11.1 Å². The van der Waals surface area contributed by atoms with Crippen LogP contribution in [0, 0.1) is 27.7 Å². The Balaban J connectivity index is 0.000000200. The van der Waals surface area contributed by atoms with Crippen LogP contribution in [0.3, 0.4) is 0 Å². The number of hydrogen-bond acceptors (Lipinski definition) is 2.